The highest BCUT2D eigenvalue weighted by Gasteiger charge is 2.20. The molecule has 2 aromatic heterocycles. The van der Waals surface area contributed by atoms with Gasteiger partial charge in [0, 0.05) is 11.1 Å². The van der Waals surface area contributed by atoms with Gasteiger partial charge >= 0.3 is 0 Å². The minimum atomic E-state index is -0.192. The Balaban J connectivity index is 1.46. The Kier molecular flexibility index (Phi) is 5.07. The van der Waals surface area contributed by atoms with Crippen molar-refractivity contribution in [3.05, 3.63) is 93.3 Å². The topological polar surface area (TPSA) is 66.5 Å². The lowest BCUT2D eigenvalue weighted by Gasteiger charge is -2.13. The van der Waals surface area contributed by atoms with Crippen LogP contribution in [0.1, 0.15) is 22.3 Å². The van der Waals surface area contributed by atoms with E-state index < -0.39 is 0 Å². The molecule has 170 valence electrons. The van der Waals surface area contributed by atoms with Crippen LogP contribution in [0.2, 0.25) is 0 Å². The van der Waals surface area contributed by atoms with Gasteiger partial charge in [-0.25, -0.2) is 4.98 Å². The lowest BCUT2D eigenvalue weighted by atomic mass is 10.1. The molecule has 1 aliphatic heterocycles. The summed E-state index contributed by atoms with van der Waals surface area (Å²) in [7, 11) is 0. The van der Waals surface area contributed by atoms with Crippen molar-refractivity contribution in [1.82, 2.24) is 9.55 Å². The van der Waals surface area contributed by atoms with Crippen LogP contribution in [0.4, 0.5) is 0 Å². The SMILES string of the molecule is Cc1ccc(C)c(CSc2nc3c(oc4ccccc43)c(=O)n2Cc2ccc3c(c2)OCO3)c1. The Morgan fingerprint density at radius 2 is 1.85 bits per heavy atom. The van der Waals surface area contributed by atoms with Crippen LogP contribution >= 0.6 is 11.8 Å². The van der Waals surface area contributed by atoms with Gasteiger partial charge in [-0.3, -0.25) is 9.36 Å². The highest BCUT2D eigenvalue weighted by molar-refractivity contribution is 7.98. The number of ether oxygens (including phenoxy) is 2. The zero-order valence-electron chi connectivity index (χ0n) is 18.8. The second-order valence-electron chi connectivity index (χ2n) is 8.47. The molecule has 0 bridgehead atoms. The van der Waals surface area contributed by atoms with Crippen LogP contribution in [0.15, 0.2) is 75.0 Å². The van der Waals surface area contributed by atoms with E-state index in [1.54, 1.807) is 16.3 Å². The highest BCUT2D eigenvalue weighted by atomic mass is 32.2. The van der Waals surface area contributed by atoms with Crippen LogP contribution in [-0.2, 0) is 12.3 Å². The van der Waals surface area contributed by atoms with E-state index in [4.69, 9.17) is 18.9 Å². The van der Waals surface area contributed by atoms with Crippen LogP contribution in [0.3, 0.4) is 0 Å². The summed E-state index contributed by atoms with van der Waals surface area (Å²) in [4.78, 5) is 18.6. The number of rotatable bonds is 5. The first-order valence-corrected chi connectivity index (χ1v) is 12.0. The number of fused-ring (bicyclic) bond motifs is 4. The van der Waals surface area contributed by atoms with E-state index in [0.29, 0.717) is 40.1 Å². The predicted molar refractivity (Wildman–Crippen MR) is 133 cm³/mol. The summed E-state index contributed by atoms with van der Waals surface area (Å²) >= 11 is 1.56. The van der Waals surface area contributed by atoms with E-state index in [1.165, 1.54) is 16.7 Å². The molecule has 3 heterocycles. The molecule has 3 aromatic carbocycles. The minimum absolute atomic E-state index is 0.192. The van der Waals surface area contributed by atoms with Crippen molar-refractivity contribution in [2.45, 2.75) is 31.3 Å². The van der Waals surface area contributed by atoms with E-state index >= 15 is 0 Å². The summed E-state index contributed by atoms with van der Waals surface area (Å²) in [6, 6.07) is 19.8. The van der Waals surface area contributed by atoms with E-state index in [0.717, 1.165) is 10.9 Å². The van der Waals surface area contributed by atoms with Crippen molar-refractivity contribution < 1.29 is 13.9 Å². The Morgan fingerprint density at radius 1 is 1.00 bits per heavy atom. The lowest BCUT2D eigenvalue weighted by Crippen LogP contribution is -2.23. The van der Waals surface area contributed by atoms with E-state index in [1.807, 2.05) is 42.5 Å². The number of aromatic nitrogens is 2. The van der Waals surface area contributed by atoms with Gasteiger partial charge in [0.15, 0.2) is 16.7 Å². The van der Waals surface area contributed by atoms with Crippen LogP contribution in [-0.4, -0.2) is 16.3 Å². The third kappa shape index (κ3) is 3.62. The monoisotopic (exact) mass is 470 g/mol. The van der Waals surface area contributed by atoms with Crippen LogP contribution in [0.25, 0.3) is 22.1 Å². The smallest absolute Gasteiger partial charge is 0.298 e. The molecule has 0 saturated carbocycles. The molecule has 0 radical (unpaired) electrons. The number of benzene rings is 3. The molecule has 0 N–H and O–H groups in total. The van der Waals surface area contributed by atoms with Gasteiger partial charge in [-0.15, -0.1) is 0 Å². The van der Waals surface area contributed by atoms with Gasteiger partial charge in [-0.2, -0.15) is 0 Å². The van der Waals surface area contributed by atoms with Gasteiger partial charge in [-0.05, 0) is 54.8 Å². The summed E-state index contributed by atoms with van der Waals surface area (Å²) < 4.78 is 18.6. The number of para-hydroxylation sites is 1. The summed E-state index contributed by atoms with van der Waals surface area (Å²) in [5, 5.41) is 1.50. The van der Waals surface area contributed by atoms with Gasteiger partial charge in [0.05, 0.1) is 6.54 Å². The third-order valence-corrected chi connectivity index (χ3v) is 7.11. The zero-order chi connectivity index (χ0) is 23.2. The average molecular weight is 471 g/mol. The quantitative estimate of drug-likeness (QED) is 0.238. The maximum atomic E-state index is 13.6. The number of nitrogens with zero attached hydrogens (tertiary/aromatic N) is 2. The second kappa shape index (κ2) is 8.25. The van der Waals surface area contributed by atoms with E-state index in [-0.39, 0.29) is 17.9 Å². The van der Waals surface area contributed by atoms with Crippen LogP contribution in [0.5, 0.6) is 11.5 Å². The Hall–Kier alpha value is -3.71. The summed E-state index contributed by atoms with van der Waals surface area (Å²) in [6.45, 7) is 4.76. The van der Waals surface area contributed by atoms with Gasteiger partial charge < -0.3 is 13.9 Å². The average Bonchev–Trinajstić information content (AvgIpc) is 3.46. The van der Waals surface area contributed by atoms with Crippen molar-refractivity contribution in [2.24, 2.45) is 0 Å². The van der Waals surface area contributed by atoms with Crippen molar-refractivity contribution >= 4 is 33.8 Å². The molecule has 6 rings (SSSR count). The Labute approximate surface area is 200 Å². The molecule has 1 aliphatic rings. The normalized spacial score (nSPS) is 12.6. The van der Waals surface area contributed by atoms with Gasteiger partial charge in [-0.1, -0.05) is 53.7 Å². The molecule has 6 nitrogen and oxygen atoms in total. The van der Waals surface area contributed by atoms with E-state index in [9.17, 15) is 4.79 Å². The Morgan fingerprint density at radius 3 is 2.76 bits per heavy atom. The van der Waals surface area contributed by atoms with E-state index in [2.05, 4.69) is 32.0 Å². The van der Waals surface area contributed by atoms with Crippen molar-refractivity contribution in [3.63, 3.8) is 0 Å². The van der Waals surface area contributed by atoms with Crippen molar-refractivity contribution in [2.75, 3.05) is 6.79 Å². The lowest BCUT2D eigenvalue weighted by molar-refractivity contribution is 0.174. The fourth-order valence-corrected chi connectivity index (χ4v) is 5.28. The summed E-state index contributed by atoms with van der Waals surface area (Å²) in [5.74, 6) is 2.11. The molecule has 0 atom stereocenters. The third-order valence-electron chi connectivity index (χ3n) is 6.09. The molecule has 0 amide bonds. The van der Waals surface area contributed by atoms with Crippen LogP contribution in [0, 0.1) is 13.8 Å². The standard InChI is InChI=1S/C27H22N2O4S/c1-16-7-8-17(2)19(11-16)14-34-27-28-24-20-5-3-4-6-21(20)33-25(24)26(30)29(27)13-18-9-10-22-23(12-18)32-15-31-22/h3-12H,13-15H2,1-2H3. The molecule has 34 heavy (non-hydrogen) atoms. The van der Waals surface area contributed by atoms with Gasteiger partial charge in [0.1, 0.15) is 11.1 Å². The number of hydrogen-bond donors (Lipinski definition) is 0. The number of thioether (sulfide) groups is 1. The first-order chi connectivity index (χ1) is 16.6. The van der Waals surface area contributed by atoms with Gasteiger partial charge in [0.25, 0.3) is 5.56 Å². The molecular formula is C27H22N2O4S. The second-order valence-corrected chi connectivity index (χ2v) is 9.41. The summed E-state index contributed by atoms with van der Waals surface area (Å²) in [5.41, 5.74) is 5.93. The molecular weight excluding hydrogens is 448 g/mol. The molecule has 0 fully saturated rings. The van der Waals surface area contributed by atoms with Crippen LogP contribution < -0.4 is 15.0 Å². The number of furan rings is 1. The molecule has 0 saturated heterocycles. The predicted octanol–water partition coefficient (Wildman–Crippen LogP) is 5.83. The molecule has 0 unspecified atom stereocenters. The Bertz CT molecular complexity index is 1620. The largest absolute Gasteiger partial charge is 0.454 e. The first-order valence-electron chi connectivity index (χ1n) is 11.1. The number of hydrogen-bond acceptors (Lipinski definition) is 6. The summed E-state index contributed by atoms with van der Waals surface area (Å²) in [6.07, 6.45) is 0. The number of aryl methyl sites for hydroxylation is 2. The van der Waals surface area contributed by atoms with Gasteiger partial charge in [0.2, 0.25) is 12.4 Å². The maximum absolute atomic E-state index is 13.6. The zero-order valence-corrected chi connectivity index (χ0v) is 19.6. The maximum Gasteiger partial charge on any atom is 0.298 e. The fourth-order valence-electron chi connectivity index (χ4n) is 4.22. The van der Waals surface area contributed by atoms with Crippen molar-refractivity contribution in [1.29, 1.82) is 0 Å². The minimum Gasteiger partial charge on any atom is -0.454 e. The molecule has 0 aliphatic carbocycles. The highest BCUT2D eigenvalue weighted by Crippen LogP contribution is 2.34. The molecule has 7 heteroatoms. The first kappa shape index (κ1) is 20.9. The molecule has 5 aromatic rings. The fraction of sp³-hybridized carbons (Fsp3) is 0.185. The van der Waals surface area contributed by atoms with Crippen molar-refractivity contribution in [3.8, 4) is 11.5 Å². The molecule has 0 spiro atoms.